The Hall–Kier alpha value is -4.17. The SMILES string of the molecule is C=Cc1c(C)c2cc3nc(c4c5[n-]c(cc6nc(cc1[n-]2)C(C)=C6CC)c(C)c5C(=O)[C@@H]4C(=O)OC)[C@@H](CCC(=O)OC)[C@@H]3C.[Zn]. The van der Waals surface area contributed by atoms with E-state index in [2.05, 4.69) is 20.4 Å². The van der Waals surface area contributed by atoms with Crippen molar-refractivity contribution in [3.63, 3.8) is 0 Å². The van der Waals surface area contributed by atoms with Crippen LogP contribution in [0.4, 0.5) is 0 Å². The summed E-state index contributed by atoms with van der Waals surface area (Å²) in [4.78, 5) is 59.7. The largest absolute Gasteiger partial charge is 0.657 e. The first-order valence-corrected chi connectivity index (χ1v) is 15.2. The molecular formula is C36H36N4O5Zn-2. The van der Waals surface area contributed by atoms with Crippen LogP contribution in [-0.2, 0) is 38.5 Å². The number of fused-ring (bicyclic) bond motifs is 8. The molecule has 0 radical (unpaired) electrons. The van der Waals surface area contributed by atoms with E-state index in [-0.39, 0.29) is 49.5 Å². The molecule has 0 fully saturated rings. The van der Waals surface area contributed by atoms with Crippen LogP contribution in [0.2, 0.25) is 0 Å². The first-order chi connectivity index (χ1) is 21.5. The second kappa shape index (κ2) is 12.6. The van der Waals surface area contributed by atoms with Crippen LogP contribution >= 0.6 is 0 Å². The molecule has 9 nitrogen and oxygen atoms in total. The van der Waals surface area contributed by atoms with E-state index < -0.39 is 11.9 Å². The minimum absolute atomic E-state index is 0. The van der Waals surface area contributed by atoms with Gasteiger partial charge in [0.15, 0.2) is 5.78 Å². The number of aryl methyl sites for hydroxylation is 2. The smallest absolute Gasteiger partial charge is 0.321 e. The number of hydrogen-bond donors (Lipinski definition) is 0. The molecular weight excluding hydrogens is 634 g/mol. The van der Waals surface area contributed by atoms with Crippen molar-refractivity contribution in [2.24, 2.45) is 0 Å². The fraction of sp³-hybridized carbons (Fsp3) is 0.361. The Labute approximate surface area is 280 Å². The first-order valence-electron chi connectivity index (χ1n) is 15.2. The van der Waals surface area contributed by atoms with Crippen molar-refractivity contribution in [1.29, 1.82) is 0 Å². The number of nitrogens with zero attached hydrogens (tertiary/aromatic N) is 4. The van der Waals surface area contributed by atoms with Crippen LogP contribution in [0, 0.1) is 13.8 Å². The van der Waals surface area contributed by atoms with Gasteiger partial charge in [-0.1, -0.05) is 55.8 Å². The summed E-state index contributed by atoms with van der Waals surface area (Å²) in [6.45, 7) is 14.1. The third-order valence-corrected chi connectivity index (χ3v) is 9.63. The van der Waals surface area contributed by atoms with E-state index in [1.165, 1.54) is 14.2 Å². The molecule has 46 heavy (non-hydrogen) atoms. The molecule has 1 aliphatic carbocycles. The van der Waals surface area contributed by atoms with Crippen LogP contribution in [-0.4, -0.2) is 41.9 Å². The molecule has 0 spiro atoms. The normalized spacial score (nSPS) is 18.4. The molecule has 3 aromatic rings. The second-order valence-corrected chi connectivity index (χ2v) is 11.9. The molecule has 0 aromatic carbocycles. The summed E-state index contributed by atoms with van der Waals surface area (Å²) in [6.07, 6.45) is 3.13. The number of methoxy groups -OCH3 is 2. The predicted octanol–water partition coefficient (Wildman–Crippen LogP) is 6.46. The average Bonchev–Trinajstić information content (AvgIpc) is 3.76. The van der Waals surface area contributed by atoms with E-state index in [1.807, 2.05) is 45.0 Å². The summed E-state index contributed by atoms with van der Waals surface area (Å²) >= 11 is 0. The summed E-state index contributed by atoms with van der Waals surface area (Å²) in [7, 11) is 2.63. The molecule has 0 saturated heterocycles. The van der Waals surface area contributed by atoms with E-state index in [0.717, 1.165) is 56.8 Å². The van der Waals surface area contributed by atoms with Crippen LogP contribution in [0.5, 0.6) is 0 Å². The molecule has 0 amide bonds. The number of Topliss-reactive ketones (excluding diaryl/α,β-unsaturated/α-hetero) is 1. The predicted molar refractivity (Wildman–Crippen MR) is 173 cm³/mol. The number of carbonyl (C=O) groups is 3. The van der Waals surface area contributed by atoms with Crippen molar-refractivity contribution >= 4 is 57.0 Å². The van der Waals surface area contributed by atoms with Crippen molar-refractivity contribution in [2.45, 2.75) is 71.6 Å². The Morgan fingerprint density at radius 1 is 0.978 bits per heavy atom. The van der Waals surface area contributed by atoms with Crippen LogP contribution in [0.1, 0.15) is 113 Å². The quantitative estimate of drug-likeness (QED) is 0.165. The number of ether oxygens (including phenoxy) is 2. The van der Waals surface area contributed by atoms with Crippen molar-refractivity contribution < 1.29 is 43.3 Å². The van der Waals surface area contributed by atoms with Crippen LogP contribution < -0.4 is 9.97 Å². The number of esters is 2. The molecule has 234 valence electrons. The van der Waals surface area contributed by atoms with Gasteiger partial charge in [-0.2, -0.15) is 0 Å². The van der Waals surface area contributed by atoms with Gasteiger partial charge in [0, 0.05) is 54.7 Å². The fourth-order valence-electron chi connectivity index (χ4n) is 7.02. The molecule has 2 aliphatic heterocycles. The van der Waals surface area contributed by atoms with Gasteiger partial charge >= 0.3 is 11.9 Å². The van der Waals surface area contributed by atoms with Crippen LogP contribution in [0.3, 0.4) is 0 Å². The van der Waals surface area contributed by atoms with Gasteiger partial charge in [-0.05, 0) is 55.9 Å². The Morgan fingerprint density at radius 3 is 2.33 bits per heavy atom. The van der Waals surface area contributed by atoms with E-state index in [4.69, 9.17) is 29.4 Å². The molecule has 10 heteroatoms. The van der Waals surface area contributed by atoms with Gasteiger partial charge < -0.3 is 19.4 Å². The van der Waals surface area contributed by atoms with Gasteiger partial charge in [0.2, 0.25) is 0 Å². The zero-order valence-electron chi connectivity index (χ0n) is 27.4. The number of rotatable bonds is 6. The first kappa shape index (κ1) is 33.2. The standard InChI is InChI=1S/C36H37N4O5.Zn/c1-9-20-16(3)23-13-25-18(5)22(11-12-29(41)44-7)33(39-25)31-32(36(43)45-8)35(42)30-19(6)26(40-34(30)31)15-28-21(10-2)17(4)24(38-28)14-27(20)37-23;/h9,13-15,18,22,32H,1,10-12H2,2-8H3,(H-,37,38,39,40,42);/q-1;/p-1/t18-,22-,32+;/m0./s1. The van der Waals surface area contributed by atoms with Gasteiger partial charge in [-0.25, -0.2) is 4.98 Å². The maximum absolute atomic E-state index is 14.0. The Balaban J connectivity index is 0.00000417. The number of allylic oxidation sites excluding steroid dienone is 2. The molecule has 0 saturated carbocycles. The molecule has 0 unspecified atom stereocenters. The topological polar surface area (TPSA) is 124 Å². The molecule has 8 bridgehead atoms. The summed E-state index contributed by atoms with van der Waals surface area (Å²) in [5.41, 5.74) is 11.0. The molecule has 3 aliphatic rings. The zero-order valence-corrected chi connectivity index (χ0v) is 30.4. The Kier molecular flexibility index (Phi) is 9.06. The summed E-state index contributed by atoms with van der Waals surface area (Å²) in [6, 6.07) is 5.87. The third-order valence-electron chi connectivity index (χ3n) is 9.63. The van der Waals surface area contributed by atoms with E-state index in [0.29, 0.717) is 39.8 Å². The molecule has 6 rings (SSSR count). The summed E-state index contributed by atoms with van der Waals surface area (Å²) in [5.74, 6) is -3.01. The van der Waals surface area contributed by atoms with Gasteiger partial charge in [-0.15, -0.1) is 22.1 Å². The number of hydrogen-bond acceptors (Lipinski definition) is 7. The average molecular weight is 670 g/mol. The third kappa shape index (κ3) is 5.07. The van der Waals surface area contributed by atoms with Crippen molar-refractivity contribution in [2.75, 3.05) is 14.2 Å². The summed E-state index contributed by atoms with van der Waals surface area (Å²) < 4.78 is 10.1. The van der Waals surface area contributed by atoms with Crippen LogP contribution in [0.15, 0.2) is 24.8 Å². The van der Waals surface area contributed by atoms with E-state index >= 15 is 0 Å². The van der Waals surface area contributed by atoms with E-state index in [1.54, 1.807) is 0 Å². The van der Waals surface area contributed by atoms with Crippen LogP contribution in [0.25, 0.3) is 39.3 Å². The molecule has 5 heterocycles. The minimum Gasteiger partial charge on any atom is -0.657 e. The summed E-state index contributed by atoms with van der Waals surface area (Å²) in [5, 5.41) is 0. The van der Waals surface area contributed by atoms with Gasteiger partial charge in [0.25, 0.3) is 0 Å². The van der Waals surface area contributed by atoms with Crippen molar-refractivity contribution in [3.05, 3.63) is 75.4 Å². The second-order valence-electron chi connectivity index (χ2n) is 11.9. The Morgan fingerprint density at radius 2 is 1.67 bits per heavy atom. The minimum atomic E-state index is -1.20. The maximum Gasteiger partial charge on any atom is 0.321 e. The monoisotopic (exact) mass is 668 g/mol. The van der Waals surface area contributed by atoms with E-state index in [9.17, 15) is 14.4 Å². The number of carbonyl (C=O) groups excluding carboxylic acids is 3. The molecule has 3 aromatic heterocycles. The Bertz CT molecular complexity index is 2020. The molecule has 0 N–H and O–H groups in total. The van der Waals surface area contributed by atoms with Gasteiger partial charge in [-0.3, -0.25) is 19.4 Å². The van der Waals surface area contributed by atoms with Gasteiger partial charge in [0.05, 0.1) is 25.6 Å². The van der Waals surface area contributed by atoms with Gasteiger partial charge in [0.1, 0.15) is 5.92 Å². The van der Waals surface area contributed by atoms with Crippen molar-refractivity contribution in [3.8, 4) is 0 Å². The number of aromatic nitrogens is 4. The number of ketones is 1. The molecule has 3 atom stereocenters. The van der Waals surface area contributed by atoms with Crippen molar-refractivity contribution in [1.82, 2.24) is 19.9 Å². The fourth-order valence-corrected chi connectivity index (χ4v) is 7.02. The zero-order chi connectivity index (χ0) is 32.3. The maximum atomic E-state index is 14.0.